The van der Waals surface area contributed by atoms with Crippen LogP contribution < -0.4 is 5.73 Å². The SMILES string of the molecule is NC(=O)CN1CCCCC(CO)C1. The molecule has 0 saturated carbocycles. The summed E-state index contributed by atoms with van der Waals surface area (Å²) in [5.74, 6) is 0.0421. The lowest BCUT2D eigenvalue weighted by molar-refractivity contribution is -0.119. The Hall–Kier alpha value is -0.610. The second kappa shape index (κ2) is 5.19. The molecule has 1 heterocycles. The van der Waals surface area contributed by atoms with Crippen molar-refractivity contribution in [1.82, 2.24) is 4.90 Å². The predicted octanol–water partition coefficient (Wildman–Crippen LogP) is -0.434. The molecule has 1 unspecified atom stereocenters. The van der Waals surface area contributed by atoms with Crippen molar-refractivity contribution in [2.75, 3.05) is 26.2 Å². The van der Waals surface area contributed by atoms with E-state index in [2.05, 4.69) is 0 Å². The van der Waals surface area contributed by atoms with Gasteiger partial charge in [0.1, 0.15) is 0 Å². The zero-order chi connectivity index (χ0) is 9.68. The van der Waals surface area contributed by atoms with Crippen LogP contribution in [0.4, 0.5) is 0 Å². The van der Waals surface area contributed by atoms with Crippen molar-refractivity contribution in [1.29, 1.82) is 0 Å². The molecule has 0 aliphatic carbocycles. The molecule has 1 atom stereocenters. The van der Waals surface area contributed by atoms with E-state index in [1.54, 1.807) is 0 Å². The number of carbonyl (C=O) groups is 1. The number of hydrogen-bond donors (Lipinski definition) is 2. The van der Waals surface area contributed by atoms with Crippen LogP contribution >= 0.6 is 0 Å². The average molecular weight is 186 g/mol. The number of rotatable bonds is 3. The summed E-state index contributed by atoms with van der Waals surface area (Å²) in [6.45, 7) is 2.28. The largest absolute Gasteiger partial charge is 0.396 e. The number of hydrogen-bond acceptors (Lipinski definition) is 3. The van der Waals surface area contributed by atoms with Gasteiger partial charge in [0.15, 0.2) is 0 Å². The van der Waals surface area contributed by atoms with Crippen LogP contribution in [0.3, 0.4) is 0 Å². The van der Waals surface area contributed by atoms with Gasteiger partial charge in [0.05, 0.1) is 6.54 Å². The molecule has 0 aromatic heterocycles. The molecule has 4 nitrogen and oxygen atoms in total. The predicted molar refractivity (Wildman–Crippen MR) is 50.1 cm³/mol. The van der Waals surface area contributed by atoms with E-state index in [9.17, 15) is 4.79 Å². The lowest BCUT2D eigenvalue weighted by Crippen LogP contribution is -2.37. The smallest absolute Gasteiger partial charge is 0.231 e. The Morgan fingerprint density at radius 3 is 2.92 bits per heavy atom. The van der Waals surface area contributed by atoms with E-state index in [-0.39, 0.29) is 12.5 Å². The fourth-order valence-corrected chi connectivity index (χ4v) is 1.83. The number of carbonyl (C=O) groups excluding carboxylic acids is 1. The third kappa shape index (κ3) is 3.74. The molecule has 1 rings (SSSR count). The number of aliphatic hydroxyl groups is 1. The van der Waals surface area contributed by atoms with Crippen molar-refractivity contribution >= 4 is 5.91 Å². The fourth-order valence-electron chi connectivity index (χ4n) is 1.83. The summed E-state index contributed by atoms with van der Waals surface area (Å²) >= 11 is 0. The average Bonchev–Trinajstić information content (AvgIpc) is 2.28. The third-order valence-electron chi connectivity index (χ3n) is 2.49. The minimum absolute atomic E-state index is 0.218. The Balaban J connectivity index is 2.39. The first-order valence-corrected chi connectivity index (χ1v) is 4.84. The zero-order valence-electron chi connectivity index (χ0n) is 7.91. The molecule has 1 saturated heterocycles. The summed E-state index contributed by atoms with van der Waals surface area (Å²) in [5.41, 5.74) is 5.12. The summed E-state index contributed by atoms with van der Waals surface area (Å²) in [4.78, 5) is 12.7. The van der Waals surface area contributed by atoms with Crippen molar-refractivity contribution in [2.24, 2.45) is 11.7 Å². The van der Waals surface area contributed by atoms with E-state index < -0.39 is 0 Å². The molecule has 0 aromatic carbocycles. The molecule has 1 amide bonds. The first-order valence-electron chi connectivity index (χ1n) is 4.84. The second-order valence-corrected chi connectivity index (χ2v) is 3.75. The summed E-state index contributed by atoms with van der Waals surface area (Å²) in [6.07, 6.45) is 3.30. The van der Waals surface area contributed by atoms with Crippen LogP contribution in [0.25, 0.3) is 0 Å². The lowest BCUT2D eigenvalue weighted by Gasteiger charge is -2.21. The number of nitrogens with two attached hydrogens (primary N) is 1. The van der Waals surface area contributed by atoms with Gasteiger partial charge >= 0.3 is 0 Å². The number of nitrogens with zero attached hydrogens (tertiary/aromatic N) is 1. The number of amides is 1. The van der Waals surface area contributed by atoms with Gasteiger partial charge in [0.25, 0.3) is 0 Å². The highest BCUT2D eigenvalue weighted by atomic mass is 16.3. The molecule has 0 aromatic rings. The van der Waals surface area contributed by atoms with Crippen molar-refractivity contribution < 1.29 is 9.90 Å². The van der Waals surface area contributed by atoms with Crippen molar-refractivity contribution in [3.05, 3.63) is 0 Å². The van der Waals surface area contributed by atoms with Crippen LogP contribution in [0.15, 0.2) is 0 Å². The highest BCUT2D eigenvalue weighted by molar-refractivity contribution is 5.75. The van der Waals surface area contributed by atoms with Gasteiger partial charge in [0, 0.05) is 13.2 Å². The standard InChI is InChI=1S/C9H18N2O2/c10-9(13)6-11-4-2-1-3-8(5-11)7-12/h8,12H,1-7H2,(H2,10,13). The Morgan fingerprint density at radius 1 is 1.54 bits per heavy atom. The molecule has 1 aliphatic rings. The lowest BCUT2D eigenvalue weighted by atomic mass is 10.1. The van der Waals surface area contributed by atoms with Gasteiger partial charge in [-0.15, -0.1) is 0 Å². The van der Waals surface area contributed by atoms with Crippen LogP contribution in [-0.4, -0.2) is 42.2 Å². The molecule has 4 heteroatoms. The third-order valence-corrected chi connectivity index (χ3v) is 2.49. The van der Waals surface area contributed by atoms with Gasteiger partial charge in [-0.3, -0.25) is 9.69 Å². The molecular formula is C9H18N2O2. The molecule has 76 valence electrons. The Morgan fingerprint density at radius 2 is 2.31 bits per heavy atom. The monoisotopic (exact) mass is 186 g/mol. The van der Waals surface area contributed by atoms with E-state index in [0.29, 0.717) is 12.5 Å². The molecule has 1 aliphatic heterocycles. The van der Waals surface area contributed by atoms with Crippen molar-refractivity contribution in [2.45, 2.75) is 19.3 Å². The van der Waals surface area contributed by atoms with E-state index in [1.807, 2.05) is 4.90 Å². The molecule has 0 spiro atoms. The Kier molecular flexibility index (Phi) is 4.18. The molecule has 0 bridgehead atoms. The molecular weight excluding hydrogens is 168 g/mol. The maximum absolute atomic E-state index is 10.7. The van der Waals surface area contributed by atoms with Gasteiger partial charge in [0.2, 0.25) is 5.91 Å². The van der Waals surface area contributed by atoms with Gasteiger partial charge in [-0.1, -0.05) is 6.42 Å². The van der Waals surface area contributed by atoms with E-state index in [0.717, 1.165) is 32.4 Å². The maximum atomic E-state index is 10.7. The highest BCUT2D eigenvalue weighted by Crippen LogP contribution is 2.15. The maximum Gasteiger partial charge on any atom is 0.231 e. The van der Waals surface area contributed by atoms with Crippen LogP contribution in [0.1, 0.15) is 19.3 Å². The van der Waals surface area contributed by atoms with Crippen molar-refractivity contribution in [3.63, 3.8) is 0 Å². The van der Waals surface area contributed by atoms with Gasteiger partial charge in [-0.25, -0.2) is 0 Å². The van der Waals surface area contributed by atoms with Gasteiger partial charge in [-0.2, -0.15) is 0 Å². The Labute approximate surface area is 78.7 Å². The zero-order valence-corrected chi connectivity index (χ0v) is 7.91. The topological polar surface area (TPSA) is 66.6 Å². The van der Waals surface area contributed by atoms with Crippen LogP contribution in [0, 0.1) is 5.92 Å². The van der Waals surface area contributed by atoms with Crippen LogP contribution in [0.2, 0.25) is 0 Å². The molecule has 0 radical (unpaired) electrons. The summed E-state index contributed by atoms with van der Waals surface area (Å²) in [6, 6.07) is 0. The first kappa shape index (κ1) is 10.5. The van der Waals surface area contributed by atoms with Gasteiger partial charge < -0.3 is 10.8 Å². The molecule has 13 heavy (non-hydrogen) atoms. The second-order valence-electron chi connectivity index (χ2n) is 3.75. The van der Waals surface area contributed by atoms with E-state index in [1.165, 1.54) is 0 Å². The van der Waals surface area contributed by atoms with Crippen LogP contribution in [-0.2, 0) is 4.79 Å². The summed E-state index contributed by atoms with van der Waals surface area (Å²) < 4.78 is 0. The number of primary amides is 1. The fraction of sp³-hybridized carbons (Fsp3) is 0.889. The molecule has 3 N–H and O–H groups in total. The number of likely N-dealkylation sites (tertiary alicyclic amines) is 1. The Bertz CT molecular complexity index is 173. The normalized spacial score (nSPS) is 25.5. The quantitative estimate of drug-likeness (QED) is 0.628. The first-order chi connectivity index (χ1) is 6.22. The molecule has 1 fully saturated rings. The minimum Gasteiger partial charge on any atom is -0.396 e. The highest BCUT2D eigenvalue weighted by Gasteiger charge is 2.18. The van der Waals surface area contributed by atoms with E-state index >= 15 is 0 Å². The van der Waals surface area contributed by atoms with Crippen LogP contribution in [0.5, 0.6) is 0 Å². The number of aliphatic hydroxyl groups excluding tert-OH is 1. The minimum atomic E-state index is -0.279. The summed E-state index contributed by atoms with van der Waals surface area (Å²) in [5, 5.41) is 9.03. The van der Waals surface area contributed by atoms with E-state index in [4.69, 9.17) is 10.8 Å². The summed E-state index contributed by atoms with van der Waals surface area (Å²) in [7, 11) is 0. The van der Waals surface area contributed by atoms with Crippen molar-refractivity contribution in [3.8, 4) is 0 Å². The van der Waals surface area contributed by atoms with Gasteiger partial charge in [-0.05, 0) is 25.3 Å².